The normalized spacial score (nSPS) is 32.1. The van der Waals surface area contributed by atoms with Crippen LogP contribution in [-0.4, -0.2) is 42.6 Å². The van der Waals surface area contributed by atoms with Crippen molar-refractivity contribution in [3.05, 3.63) is 0 Å². The van der Waals surface area contributed by atoms with Crippen LogP contribution in [0.25, 0.3) is 0 Å². The Labute approximate surface area is 110 Å². The Morgan fingerprint density at radius 2 is 2.28 bits per heavy atom. The van der Waals surface area contributed by atoms with Crippen molar-refractivity contribution < 1.29 is 9.53 Å². The van der Waals surface area contributed by atoms with Crippen LogP contribution >= 0.6 is 0 Å². The van der Waals surface area contributed by atoms with Crippen molar-refractivity contribution in [3.63, 3.8) is 0 Å². The second-order valence-corrected chi connectivity index (χ2v) is 5.47. The monoisotopic (exact) mass is 254 g/mol. The van der Waals surface area contributed by atoms with Crippen LogP contribution in [0.2, 0.25) is 0 Å². The van der Waals surface area contributed by atoms with Gasteiger partial charge in [0.2, 0.25) is 5.91 Å². The molecule has 104 valence electrons. The number of nitrogens with zero attached hydrogens (tertiary/aromatic N) is 1. The maximum atomic E-state index is 12.6. The van der Waals surface area contributed by atoms with E-state index in [0.29, 0.717) is 11.9 Å². The Hall–Kier alpha value is -0.610. The molecule has 2 N–H and O–H groups in total. The third kappa shape index (κ3) is 2.86. The molecule has 1 amide bonds. The molecule has 2 fully saturated rings. The second kappa shape index (κ2) is 6.53. The van der Waals surface area contributed by atoms with Gasteiger partial charge in [-0.2, -0.15) is 0 Å². The molecule has 0 aliphatic carbocycles. The molecule has 2 saturated heterocycles. The Morgan fingerprint density at radius 1 is 1.44 bits per heavy atom. The van der Waals surface area contributed by atoms with Crippen LogP contribution in [0.3, 0.4) is 0 Å². The standard InChI is InChI=1S/C14H26N2O2/c1-2-13-12(7-10-18-13)14(17)16-9-4-6-11(16)5-3-8-15/h11-13H,2-10,15H2,1H3. The number of rotatable bonds is 5. The van der Waals surface area contributed by atoms with Gasteiger partial charge in [-0.1, -0.05) is 6.92 Å². The highest BCUT2D eigenvalue weighted by Crippen LogP contribution is 2.30. The van der Waals surface area contributed by atoms with Crippen molar-refractivity contribution in [2.45, 2.75) is 57.6 Å². The molecular formula is C14H26N2O2. The molecule has 0 aromatic heterocycles. The maximum Gasteiger partial charge on any atom is 0.228 e. The van der Waals surface area contributed by atoms with E-state index in [2.05, 4.69) is 11.8 Å². The average Bonchev–Trinajstić information content (AvgIpc) is 3.03. The van der Waals surface area contributed by atoms with Gasteiger partial charge in [-0.25, -0.2) is 0 Å². The lowest BCUT2D eigenvalue weighted by Crippen LogP contribution is -2.42. The third-order valence-corrected chi connectivity index (χ3v) is 4.33. The predicted octanol–water partition coefficient (Wildman–Crippen LogP) is 1.53. The molecule has 0 aromatic rings. The zero-order valence-corrected chi connectivity index (χ0v) is 11.4. The number of carbonyl (C=O) groups excluding carboxylic acids is 1. The van der Waals surface area contributed by atoms with Crippen LogP contribution < -0.4 is 5.73 Å². The molecule has 4 nitrogen and oxygen atoms in total. The molecule has 0 radical (unpaired) electrons. The van der Waals surface area contributed by atoms with Crippen molar-refractivity contribution in [3.8, 4) is 0 Å². The molecule has 2 aliphatic rings. The fourth-order valence-electron chi connectivity index (χ4n) is 3.33. The summed E-state index contributed by atoms with van der Waals surface area (Å²) in [5.41, 5.74) is 5.57. The molecule has 4 heteroatoms. The number of ether oxygens (including phenoxy) is 1. The van der Waals surface area contributed by atoms with Crippen molar-refractivity contribution in [2.75, 3.05) is 19.7 Å². The van der Waals surface area contributed by atoms with E-state index in [1.807, 2.05) is 0 Å². The summed E-state index contributed by atoms with van der Waals surface area (Å²) in [5.74, 6) is 0.437. The molecule has 2 rings (SSSR count). The summed E-state index contributed by atoms with van der Waals surface area (Å²) in [5, 5.41) is 0. The fraction of sp³-hybridized carbons (Fsp3) is 0.929. The van der Waals surface area contributed by atoms with Gasteiger partial charge in [-0.05, 0) is 45.1 Å². The third-order valence-electron chi connectivity index (χ3n) is 4.33. The van der Waals surface area contributed by atoms with Gasteiger partial charge < -0.3 is 15.4 Å². The van der Waals surface area contributed by atoms with Crippen LogP contribution in [0.15, 0.2) is 0 Å². The fourth-order valence-corrected chi connectivity index (χ4v) is 3.33. The topological polar surface area (TPSA) is 55.6 Å². The minimum Gasteiger partial charge on any atom is -0.377 e. The van der Waals surface area contributed by atoms with Crippen molar-refractivity contribution in [1.82, 2.24) is 4.90 Å². The zero-order chi connectivity index (χ0) is 13.0. The molecule has 2 heterocycles. The van der Waals surface area contributed by atoms with Gasteiger partial charge in [0.05, 0.1) is 12.0 Å². The minimum atomic E-state index is 0.105. The Morgan fingerprint density at radius 3 is 3.00 bits per heavy atom. The maximum absolute atomic E-state index is 12.6. The number of carbonyl (C=O) groups is 1. The number of hydrogen-bond donors (Lipinski definition) is 1. The number of amides is 1. The van der Waals surface area contributed by atoms with Gasteiger partial charge in [0.25, 0.3) is 0 Å². The minimum absolute atomic E-state index is 0.105. The molecule has 0 aromatic carbocycles. The average molecular weight is 254 g/mol. The predicted molar refractivity (Wildman–Crippen MR) is 71.2 cm³/mol. The van der Waals surface area contributed by atoms with Crippen molar-refractivity contribution in [2.24, 2.45) is 11.7 Å². The van der Waals surface area contributed by atoms with E-state index in [0.717, 1.165) is 58.2 Å². The highest BCUT2D eigenvalue weighted by Gasteiger charge is 2.38. The Kier molecular flexibility index (Phi) is 5.01. The molecular weight excluding hydrogens is 228 g/mol. The number of nitrogens with two attached hydrogens (primary N) is 1. The van der Waals surface area contributed by atoms with E-state index >= 15 is 0 Å². The Bertz CT molecular complexity index is 283. The van der Waals surface area contributed by atoms with Crippen molar-refractivity contribution >= 4 is 5.91 Å². The van der Waals surface area contributed by atoms with Gasteiger partial charge in [-0.15, -0.1) is 0 Å². The summed E-state index contributed by atoms with van der Waals surface area (Å²) in [7, 11) is 0. The SMILES string of the molecule is CCC1OCCC1C(=O)N1CCCC1CCCN. The first-order chi connectivity index (χ1) is 8.77. The summed E-state index contributed by atoms with van der Waals surface area (Å²) in [4.78, 5) is 14.7. The lowest BCUT2D eigenvalue weighted by Gasteiger charge is -2.29. The molecule has 0 bridgehead atoms. The second-order valence-electron chi connectivity index (χ2n) is 5.47. The molecule has 18 heavy (non-hydrogen) atoms. The highest BCUT2D eigenvalue weighted by atomic mass is 16.5. The van der Waals surface area contributed by atoms with Gasteiger partial charge in [0.15, 0.2) is 0 Å². The zero-order valence-electron chi connectivity index (χ0n) is 11.4. The lowest BCUT2D eigenvalue weighted by atomic mass is 9.97. The number of likely N-dealkylation sites (tertiary alicyclic amines) is 1. The lowest BCUT2D eigenvalue weighted by molar-refractivity contribution is -0.138. The quantitative estimate of drug-likeness (QED) is 0.809. The first kappa shape index (κ1) is 13.8. The van der Waals surface area contributed by atoms with Crippen LogP contribution in [0.5, 0.6) is 0 Å². The highest BCUT2D eigenvalue weighted by molar-refractivity contribution is 5.80. The largest absolute Gasteiger partial charge is 0.377 e. The van der Waals surface area contributed by atoms with Crippen molar-refractivity contribution in [1.29, 1.82) is 0 Å². The van der Waals surface area contributed by atoms with E-state index in [-0.39, 0.29) is 12.0 Å². The van der Waals surface area contributed by atoms with Gasteiger partial charge in [0, 0.05) is 19.2 Å². The summed E-state index contributed by atoms with van der Waals surface area (Å²) < 4.78 is 5.64. The van der Waals surface area contributed by atoms with Gasteiger partial charge in [0.1, 0.15) is 0 Å². The Balaban J connectivity index is 1.94. The molecule has 0 spiro atoms. The van der Waals surface area contributed by atoms with E-state index in [1.54, 1.807) is 0 Å². The van der Waals surface area contributed by atoms with E-state index in [4.69, 9.17) is 10.5 Å². The number of hydrogen-bond acceptors (Lipinski definition) is 3. The van der Waals surface area contributed by atoms with Crippen LogP contribution in [0.1, 0.15) is 45.4 Å². The molecule has 2 aliphatic heterocycles. The summed E-state index contributed by atoms with van der Waals surface area (Å²) >= 11 is 0. The van der Waals surface area contributed by atoms with E-state index in [1.165, 1.54) is 0 Å². The van der Waals surface area contributed by atoms with E-state index < -0.39 is 0 Å². The molecule has 3 atom stereocenters. The van der Waals surface area contributed by atoms with E-state index in [9.17, 15) is 4.79 Å². The van der Waals surface area contributed by atoms with Gasteiger partial charge >= 0.3 is 0 Å². The summed E-state index contributed by atoms with van der Waals surface area (Å²) in [6, 6.07) is 0.430. The van der Waals surface area contributed by atoms with Crippen LogP contribution in [-0.2, 0) is 9.53 Å². The molecule has 3 unspecified atom stereocenters. The summed E-state index contributed by atoms with van der Waals surface area (Å²) in [6.07, 6.45) is 6.36. The first-order valence-electron chi connectivity index (χ1n) is 7.40. The van der Waals surface area contributed by atoms with Crippen LogP contribution in [0, 0.1) is 5.92 Å². The smallest absolute Gasteiger partial charge is 0.228 e. The van der Waals surface area contributed by atoms with Gasteiger partial charge in [-0.3, -0.25) is 4.79 Å². The van der Waals surface area contributed by atoms with Crippen LogP contribution in [0.4, 0.5) is 0 Å². The summed E-state index contributed by atoms with van der Waals surface area (Å²) in [6.45, 7) is 4.51. The first-order valence-corrected chi connectivity index (χ1v) is 7.40. The molecule has 0 saturated carbocycles.